The summed E-state index contributed by atoms with van der Waals surface area (Å²) >= 11 is 0. The first-order valence-electron chi connectivity index (χ1n) is 3.70. The van der Waals surface area contributed by atoms with Crippen LogP contribution in [0.3, 0.4) is 0 Å². The molecule has 1 atom stereocenters. The molecule has 0 aromatic carbocycles. The summed E-state index contributed by atoms with van der Waals surface area (Å²) in [5.41, 5.74) is 5.40. The van der Waals surface area contributed by atoms with Gasteiger partial charge in [-0.3, -0.25) is 5.10 Å². The van der Waals surface area contributed by atoms with E-state index in [4.69, 9.17) is 10.5 Å². The van der Waals surface area contributed by atoms with Gasteiger partial charge in [-0.25, -0.2) is 0 Å². The lowest BCUT2D eigenvalue weighted by atomic mass is 10.3. The highest BCUT2D eigenvalue weighted by molar-refractivity contribution is 5.31. The van der Waals surface area contributed by atoms with Crippen molar-refractivity contribution in [2.45, 2.75) is 26.4 Å². The number of hydrogen-bond donors (Lipinski definition) is 2. The molecule has 62 valence electrons. The summed E-state index contributed by atoms with van der Waals surface area (Å²) in [7, 11) is 0. The molecular formula is C7H13N3O. The molecule has 11 heavy (non-hydrogen) atoms. The molecule has 0 aliphatic carbocycles. The predicted molar refractivity (Wildman–Crippen MR) is 43.4 cm³/mol. The van der Waals surface area contributed by atoms with Crippen LogP contribution in [0.25, 0.3) is 0 Å². The Balaban J connectivity index is 2.50. The molecule has 0 saturated heterocycles. The van der Waals surface area contributed by atoms with Gasteiger partial charge < -0.3 is 10.5 Å². The van der Waals surface area contributed by atoms with Crippen molar-refractivity contribution in [3.63, 3.8) is 0 Å². The number of ether oxygens (including phenoxy) is 1. The zero-order valence-electron chi connectivity index (χ0n) is 6.79. The molecule has 0 fully saturated rings. The van der Waals surface area contributed by atoms with Crippen molar-refractivity contribution < 1.29 is 4.74 Å². The van der Waals surface area contributed by atoms with Gasteiger partial charge in [0.05, 0.1) is 6.10 Å². The first-order valence-corrected chi connectivity index (χ1v) is 3.70. The van der Waals surface area contributed by atoms with Crippen LogP contribution < -0.4 is 10.5 Å². The largest absolute Gasteiger partial charge is 0.474 e. The van der Waals surface area contributed by atoms with E-state index in [9.17, 15) is 0 Å². The lowest BCUT2D eigenvalue weighted by Crippen LogP contribution is -2.09. The molecule has 3 N–H and O–H groups in total. The number of nitrogen functional groups attached to an aromatic ring is 1. The maximum absolute atomic E-state index is 5.40. The number of anilines is 1. The molecule has 1 rings (SSSR count). The topological polar surface area (TPSA) is 63.9 Å². The molecule has 4 heteroatoms. The van der Waals surface area contributed by atoms with Crippen molar-refractivity contribution in [2.24, 2.45) is 0 Å². The van der Waals surface area contributed by atoms with Gasteiger partial charge in [0.2, 0.25) is 5.88 Å². The molecule has 0 amide bonds. The monoisotopic (exact) mass is 155 g/mol. The minimum absolute atomic E-state index is 0.192. The summed E-state index contributed by atoms with van der Waals surface area (Å²) in [6.07, 6.45) is 1.16. The Morgan fingerprint density at radius 2 is 2.55 bits per heavy atom. The minimum atomic E-state index is 0.192. The summed E-state index contributed by atoms with van der Waals surface area (Å²) < 4.78 is 5.36. The van der Waals surface area contributed by atoms with Crippen molar-refractivity contribution in [3.8, 4) is 5.88 Å². The normalized spacial score (nSPS) is 12.9. The van der Waals surface area contributed by atoms with Gasteiger partial charge in [-0.05, 0) is 13.3 Å². The molecule has 1 aromatic heterocycles. The summed E-state index contributed by atoms with van der Waals surface area (Å²) in [5.74, 6) is 1.10. The van der Waals surface area contributed by atoms with E-state index in [0.29, 0.717) is 11.7 Å². The molecule has 4 nitrogen and oxygen atoms in total. The van der Waals surface area contributed by atoms with Gasteiger partial charge in [0.1, 0.15) is 5.82 Å². The molecule has 0 aliphatic heterocycles. The molecule has 0 bridgehead atoms. The average molecular weight is 155 g/mol. The van der Waals surface area contributed by atoms with Gasteiger partial charge in [0.15, 0.2) is 0 Å². The second-order valence-corrected chi connectivity index (χ2v) is 2.50. The quantitative estimate of drug-likeness (QED) is 0.688. The van der Waals surface area contributed by atoms with Crippen molar-refractivity contribution in [2.75, 3.05) is 5.73 Å². The van der Waals surface area contributed by atoms with E-state index in [1.165, 1.54) is 0 Å². The third-order valence-electron chi connectivity index (χ3n) is 1.47. The van der Waals surface area contributed by atoms with Crippen LogP contribution in [0.4, 0.5) is 5.82 Å². The SMILES string of the molecule is CCC(C)Oc1cc(N)[nH]n1. The average Bonchev–Trinajstić information content (AvgIpc) is 2.35. The maximum atomic E-state index is 5.40. The minimum Gasteiger partial charge on any atom is -0.474 e. The van der Waals surface area contributed by atoms with Crippen molar-refractivity contribution in [1.29, 1.82) is 0 Å². The van der Waals surface area contributed by atoms with E-state index >= 15 is 0 Å². The van der Waals surface area contributed by atoms with E-state index in [1.807, 2.05) is 6.92 Å². The second-order valence-electron chi connectivity index (χ2n) is 2.50. The Morgan fingerprint density at radius 1 is 1.82 bits per heavy atom. The Hall–Kier alpha value is -1.19. The smallest absolute Gasteiger partial charge is 0.234 e. The summed E-state index contributed by atoms with van der Waals surface area (Å²) in [6, 6.07) is 1.67. The summed E-state index contributed by atoms with van der Waals surface area (Å²) in [5, 5.41) is 6.43. The molecule has 0 aliphatic rings. The first kappa shape index (κ1) is 7.91. The fraction of sp³-hybridized carbons (Fsp3) is 0.571. The molecule has 0 saturated carbocycles. The van der Waals surface area contributed by atoms with E-state index in [1.54, 1.807) is 6.07 Å². The van der Waals surface area contributed by atoms with Crippen molar-refractivity contribution >= 4 is 5.82 Å². The highest BCUT2D eigenvalue weighted by Crippen LogP contribution is 2.11. The predicted octanol–water partition coefficient (Wildman–Crippen LogP) is 1.17. The first-order chi connectivity index (χ1) is 5.22. The highest BCUT2D eigenvalue weighted by atomic mass is 16.5. The van der Waals surface area contributed by atoms with E-state index in [-0.39, 0.29) is 6.10 Å². The number of nitrogens with two attached hydrogens (primary N) is 1. The van der Waals surface area contributed by atoms with Crippen LogP contribution in [-0.2, 0) is 0 Å². The Bertz CT molecular complexity index is 221. The molecule has 0 spiro atoms. The van der Waals surface area contributed by atoms with Crippen molar-refractivity contribution in [3.05, 3.63) is 6.07 Å². The van der Waals surface area contributed by atoms with Gasteiger partial charge in [0, 0.05) is 6.07 Å². The number of rotatable bonds is 3. The third kappa shape index (κ3) is 2.14. The maximum Gasteiger partial charge on any atom is 0.234 e. The van der Waals surface area contributed by atoms with Crippen LogP contribution in [0, 0.1) is 0 Å². The Kier molecular flexibility index (Phi) is 2.36. The zero-order chi connectivity index (χ0) is 8.27. The standard InChI is InChI=1S/C7H13N3O/c1-3-5(2)11-7-4-6(8)9-10-7/h4-5H,3H2,1-2H3,(H3,8,9,10). The Labute approximate surface area is 65.7 Å². The van der Waals surface area contributed by atoms with E-state index in [2.05, 4.69) is 17.1 Å². The Morgan fingerprint density at radius 3 is 3.00 bits per heavy atom. The fourth-order valence-electron chi connectivity index (χ4n) is 0.667. The van der Waals surface area contributed by atoms with Crippen molar-refractivity contribution in [1.82, 2.24) is 10.2 Å². The molecule has 0 radical (unpaired) electrons. The van der Waals surface area contributed by atoms with Gasteiger partial charge in [-0.1, -0.05) is 6.92 Å². The van der Waals surface area contributed by atoms with Gasteiger partial charge >= 0.3 is 0 Å². The third-order valence-corrected chi connectivity index (χ3v) is 1.47. The molecule has 1 heterocycles. The number of hydrogen-bond acceptors (Lipinski definition) is 3. The van der Waals surface area contributed by atoms with E-state index < -0.39 is 0 Å². The van der Waals surface area contributed by atoms with Crippen LogP contribution in [0.5, 0.6) is 5.88 Å². The lowest BCUT2D eigenvalue weighted by Gasteiger charge is -2.07. The molecule has 1 unspecified atom stereocenters. The zero-order valence-corrected chi connectivity index (χ0v) is 6.79. The lowest BCUT2D eigenvalue weighted by molar-refractivity contribution is 0.208. The van der Waals surface area contributed by atoms with Gasteiger partial charge in [-0.15, -0.1) is 5.10 Å². The van der Waals surface area contributed by atoms with Crippen LogP contribution in [0.1, 0.15) is 20.3 Å². The number of nitrogens with one attached hydrogen (secondary N) is 1. The fourth-order valence-corrected chi connectivity index (χ4v) is 0.667. The van der Waals surface area contributed by atoms with Gasteiger partial charge in [-0.2, -0.15) is 0 Å². The second kappa shape index (κ2) is 3.27. The van der Waals surface area contributed by atoms with Crippen LogP contribution in [-0.4, -0.2) is 16.3 Å². The van der Waals surface area contributed by atoms with Crippen LogP contribution in [0.15, 0.2) is 6.07 Å². The summed E-state index contributed by atoms with van der Waals surface area (Å²) in [6.45, 7) is 4.05. The number of H-pyrrole nitrogens is 1. The van der Waals surface area contributed by atoms with Crippen LogP contribution >= 0.6 is 0 Å². The highest BCUT2D eigenvalue weighted by Gasteiger charge is 2.02. The molecular weight excluding hydrogens is 142 g/mol. The molecule has 1 aromatic rings. The number of aromatic nitrogens is 2. The number of nitrogens with zero attached hydrogens (tertiary/aromatic N) is 1. The van der Waals surface area contributed by atoms with Crippen LogP contribution in [0.2, 0.25) is 0 Å². The van der Waals surface area contributed by atoms with E-state index in [0.717, 1.165) is 6.42 Å². The van der Waals surface area contributed by atoms with Gasteiger partial charge in [0.25, 0.3) is 0 Å². The number of aromatic amines is 1. The summed E-state index contributed by atoms with van der Waals surface area (Å²) in [4.78, 5) is 0.